The van der Waals surface area contributed by atoms with E-state index in [1.807, 2.05) is 0 Å². The van der Waals surface area contributed by atoms with Gasteiger partial charge < -0.3 is 16.2 Å². The van der Waals surface area contributed by atoms with Crippen molar-refractivity contribution in [3.05, 3.63) is 59.8 Å². The van der Waals surface area contributed by atoms with E-state index < -0.39 is 23.3 Å². The minimum atomic E-state index is -1.02. The number of phenols is 1. The van der Waals surface area contributed by atoms with Crippen molar-refractivity contribution in [1.29, 1.82) is 0 Å². The summed E-state index contributed by atoms with van der Waals surface area (Å²) in [5, 5.41) is 21.0. The fourth-order valence-corrected chi connectivity index (χ4v) is 3.61. The van der Waals surface area contributed by atoms with Crippen molar-refractivity contribution in [3.63, 3.8) is 0 Å². The first-order valence-corrected chi connectivity index (χ1v) is 9.20. The van der Waals surface area contributed by atoms with Gasteiger partial charge in [0, 0.05) is 29.3 Å². The minimum Gasteiger partial charge on any atom is -0.507 e. The van der Waals surface area contributed by atoms with Crippen molar-refractivity contribution < 1.29 is 18.7 Å². The zero-order chi connectivity index (χ0) is 21.3. The molecule has 0 spiro atoms. The lowest BCUT2D eigenvalue weighted by Crippen LogP contribution is -2.49. The molecule has 1 amide bonds. The fourth-order valence-electron chi connectivity index (χ4n) is 3.61. The number of hydrogen-bond donors (Lipinski definition) is 3. The Morgan fingerprint density at radius 3 is 2.70 bits per heavy atom. The van der Waals surface area contributed by atoms with E-state index in [0.29, 0.717) is 0 Å². The van der Waals surface area contributed by atoms with E-state index in [1.54, 1.807) is 0 Å². The van der Waals surface area contributed by atoms with E-state index in [2.05, 4.69) is 25.5 Å². The summed E-state index contributed by atoms with van der Waals surface area (Å²) < 4.78 is 27.9. The second-order valence-corrected chi connectivity index (χ2v) is 7.24. The molecule has 1 aliphatic rings. The SMILES string of the molecule is NC(=O)c1ccc(O)c(-c2cnc(NC[C@]3(c4ncccc4F)C[C@H](F)C3)nn2)c1. The minimum absolute atomic E-state index is 0.107. The van der Waals surface area contributed by atoms with Crippen LogP contribution < -0.4 is 11.1 Å². The van der Waals surface area contributed by atoms with Crippen LogP contribution in [0.25, 0.3) is 11.3 Å². The van der Waals surface area contributed by atoms with Crippen molar-refractivity contribution in [2.24, 2.45) is 5.73 Å². The van der Waals surface area contributed by atoms with Gasteiger partial charge in [-0.05, 0) is 43.2 Å². The lowest BCUT2D eigenvalue weighted by atomic mass is 9.65. The van der Waals surface area contributed by atoms with E-state index in [1.165, 1.54) is 42.7 Å². The van der Waals surface area contributed by atoms with Gasteiger partial charge in [0.2, 0.25) is 11.9 Å². The number of rotatable bonds is 6. The van der Waals surface area contributed by atoms with Gasteiger partial charge >= 0.3 is 0 Å². The molecule has 8 nitrogen and oxygen atoms in total. The number of nitrogens with zero attached hydrogens (tertiary/aromatic N) is 4. The van der Waals surface area contributed by atoms with Crippen LogP contribution in [0, 0.1) is 5.82 Å². The molecule has 0 atom stereocenters. The van der Waals surface area contributed by atoms with Gasteiger partial charge in [0.1, 0.15) is 23.4 Å². The molecule has 1 fully saturated rings. The lowest BCUT2D eigenvalue weighted by molar-refractivity contribution is 0.0963. The number of anilines is 1. The van der Waals surface area contributed by atoms with Crippen LogP contribution in [0.15, 0.2) is 42.7 Å². The summed E-state index contributed by atoms with van der Waals surface area (Å²) in [6.07, 6.45) is 2.11. The molecule has 0 unspecified atom stereocenters. The van der Waals surface area contributed by atoms with Gasteiger partial charge in [-0.25, -0.2) is 13.8 Å². The van der Waals surface area contributed by atoms with Crippen LogP contribution >= 0.6 is 0 Å². The Hall–Kier alpha value is -3.69. The van der Waals surface area contributed by atoms with E-state index in [4.69, 9.17) is 5.73 Å². The van der Waals surface area contributed by atoms with Crippen LogP contribution in [-0.4, -0.2) is 43.9 Å². The summed E-state index contributed by atoms with van der Waals surface area (Å²) in [5.41, 5.74) is 5.38. The van der Waals surface area contributed by atoms with Gasteiger partial charge in [-0.3, -0.25) is 9.78 Å². The molecule has 4 N–H and O–H groups in total. The molecular weight excluding hydrogens is 394 g/mol. The fraction of sp³-hybridized carbons (Fsp3) is 0.250. The van der Waals surface area contributed by atoms with E-state index in [0.717, 1.165) is 0 Å². The van der Waals surface area contributed by atoms with E-state index >= 15 is 0 Å². The van der Waals surface area contributed by atoms with Crippen LogP contribution in [-0.2, 0) is 5.41 Å². The number of benzene rings is 1. The number of alkyl halides is 1. The molecule has 0 radical (unpaired) electrons. The summed E-state index contributed by atoms with van der Waals surface area (Å²) in [4.78, 5) is 19.6. The Morgan fingerprint density at radius 1 is 1.27 bits per heavy atom. The number of amides is 1. The zero-order valence-electron chi connectivity index (χ0n) is 15.7. The number of phenolic OH excluding ortho intramolecular Hbond substituents is 1. The number of aromatic nitrogens is 4. The molecule has 1 aromatic carbocycles. The highest BCUT2D eigenvalue weighted by atomic mass is 19.1. The maximum Gasteiger partial charge on any atom is 0.248 e. The number of nitrogens with two attached hydrogens (primary N) is 1. The average Bonchev–Trinajstić information content (AvgIpc) is 2.71. The number of nitrogens with one attached hydrogen (secondary N) is 1. The second-order valence-electron chi connectivity index (χ2n) is 7.24. The van der Waals surface area contributed by atoms with Crippen molar-refractivity contribution in [1.82, 2.24) is 20.2 Å². The Kier molecular flexibility index (Phi) is 4.98. The molecule has 2 aromatic heterocycles. The van der Waals surface area contributed by atoms with Gasteiger partial charge in [-0.2, -0.15) is 0 Å². The molecule has 0 bridgehead atoms. The highest BCUT2D eigenvalue weighted by Crippen LogP contribution is 2.45. The smallest absolute Gasteiger partial charge is 0.248 e. The van der Waals surface area contributed by atoms with Gasteiger partial charge in [0.05, 0.1) is 11.9 Å². The van der Waals surface area contributed by atoms with Gasteiger partial charge in [0.25, 0.3) is 0 Å². The van der Waals surface area contributed by atoms with Crippen molar-refractivity contribution in [2.45, 2.75) is 24.4 Å². The maximum atomic E-state index is 14.2. The van der Waals surface area contributed by atoms with Crippen molar-refractivity contribution in [3.8, 4) is 17.0 Å². The number of primary amides is 1. The average molecular weight is 412 g/mol. The number of carbonyl (C=O) groups is 1. The van der Waals surface area contributed by atoms with Crippen molar-refractivity contribution in [2.75, 3.05) is 11.9 Å². The normalized spacial score (nSPS) is 20.4. The van der Waals surface area contributed by atoms with Crippen LogP contribution in [0.2, 0.25) is 0 Å². The molecule has 0 aliphatic heterocycles. The number of carbonyl (C=O) groups excluding carboxylic acids is 1. The largest absolute Gasteiger partial charge is 0.507 e. The molecule has 3 aromatic rings. The molecule has 4 rings (SSSR count). The number of pyridine rings is 1. The van der Waals surface area contributed by atoms with Crippen molar-refractivity contribution >= 4 is 11.9 Å². The molecular formula is C20H18F2N6O2. The quantitative estimate of drug-likeness (QED) is 0.567. The molecule has 154 valence electrons. The molecule has 2 heterocycles. The predicted octanol–water partition coefficient (Wildman–Crippen LogP) is 2.36. The number of hydrogen-bond acceptors (Lipinski definition) is 7. The molecule has 30 heavy (non-hydrogen) atoms. The summed E-state index contributed by atoms with van der Waals surface area (Å²) in [6, 6.07) is 6.91. The molecule has 10 heteroatoms. The third-order valence-electron chi connectivity index (χ3n) is 5.19. The van der Waals surface area contributed by atoms with Gasteiger partial charge in [-0.1, -0.05) is 0 Å². The Bertz CT molecular complexity index is 1090. The molecule has 1 saturated carbocycles. The van der Waals surface area contributed by atoms with E-state index in [-0.39, 0.29) is 53.6 Å². The predicted molar refractivity (Wildman–Crippen MR) is 104 cm³/mol. The third-order valence-corrected chi connectivity index (χ3v) is 5.19. The summed E-state index contributed by atoms with van der Waals surface area (Å²) >= 11 is 0. The third kappa shape index (κ3) is 3.63. The summed E-state index contributed by atoms with van der Waals surface area (Å²) in [6.45, 7) is 0.185. The first-order chi connectivity index (χ1) is 14.4. The van der Waals surface area contributed by atoms with Crippen LogP contribution in [0.4, 0.5) is 14.7 Å². The van der Waals surface area contributed by atoms with Crippen LogP contribution in [0.3, 0.4) is 0 Å². The Balaban J connectivity index is 1.52. The highest BCUT2D eigenvalue weighted by molar-refractivity contribution is 5.94. The molecule has 1 aliphatic carbocycles. The van der Waals surface area contributed by atoms with Crippen LogP contribution in [0.5, 0.6) is 5.75 Å². The zero-order valence-corrected chi connectivity index (χ0v) is 15.7. The standard InChI is InChI=1S/C20H18F2N6O2/c21-12-7-20(8-12,17-14(22)2-1-5-24-17)10-26-19-25-9-15(27-28-19)13-6-11(18(23)30)3-4-16(13)29/h1-6,9,12,29H,7-8,10H2,(H2,23,30)(H,25,26,28)/t12-,20-. The summed E-state index contributed by atoms with van der Waals surface area (Å²) in [7, 11) is 0. The Morgan fingerprint density at radius 2 is 2.07 bits per heavy atom. The lowest BCUT2D eigenvalue weighted by Gasteiger charge is -2.43. The monoisotopic (exact) mass is 412 g/mol. The second kappa shape index (κ2) is 7.62. The maximum absolute atomic E-state index is 14.2. The number of halogens is 2. The van der Waals surface area contributed by atoms with Gasteiger partial charge in [0.15, 0.2) is 0 Å². The molecule has 0 saturated heterocycles. The Labute approximate surface area is 170 Å². The van der Waals surface area contributed by atoms with Gasteiger partial charge in [-0.15, -0.1) is 10.2 Å². The topological polar surface area (TPSA) is 127 Å². The summed E-state index contributed by atoms with van der Waals surface area (Å²) in [5.74, 6) is -1.08. The van der Waals surface area contributed by atoms with Crippen LogP contribution in [0.1, 0.15) is 28.9 Å². The number of aromatic hydroxyl groups is 1. The first-order valence-electron chi connectivity index (χ1n) is 9.20. The first kappa shape index (κ1) is 19.6. The van der Waals surface area contributed by atoms with E-state index in [9.17, 15) is 18.7 Å². The highest BCUT2D eigenvalue weighted by Gasteiger charge is 2.48.